The number of urea groups is 1. The lowest BCUT2D eigenvalue weighted by atomic mass is 10.0. The van der Waals surface area contributed by atoms with Crippen molar-refractivity contribution in [2.24, 2.45) is 10.9 Å². The van der Waals surface area contributed by atoms with Crippen molar-refractivity contribution in [3.05, 3.63) is 0 Å². The van der Waals surface area contributed by atoms with Crippen molar-refractivity contribution in [2.45, 2.75) is 53.0 Å². The van der Waals surface area contributed by atoms with E-state index in [1.54, 1.807) is 0 Å². The molecule has 1 unspecified atom stereocenters. The minimum Gasteiger partial charge on any atom is -0.357 e. The molecule has 0 aromatic rings. The Morgan fingerprint density at radius 2 is 2.04 bits per heavy atom. The van der Waals surface area contributed by atoms with Crippen LogP contribution < -0.4 is 16.0 Å². The molecule has 1 atom stereocenters. The minimum atomic E-state index is -0.329. The van der Waals surface area contributed by atoms with Crippen LogP contribution in [0.1, 0.15) is 47.0 Å². The van der Waals surface area contributed by atoms with E-state index >= 15 is 0 Å². The Hall–Kier alpha value is -1.79. The molecule has 0 radical (unpaired) electrons. The van der Waals surface area contributed by atoms with Crippen molar-refractivity contribution < 1.29 is 9.59 Å². The van der Waals surface area contributed by atoms with Crippen LogP contribution >= 0.6 is 0 Å². The van der Waals surface area contributed by atoms with Gasteiger partial charge in [0.2, 0.25) is 5.91 Å². The maximum Gasteiger partial charge on any atom is 0.324 e. The number of hydrogen-bond donors (Lipinski definition) is 3. The molecule has 0 aromatic carbocycles. The first-order chi connectivity index (χ1) is 10.9. The monoisotopic (exact) mass is 325 g/mol. The Labute approximate surface area is 139 Å². The Bertz CT molecular complexity index is 407. The van der Waals surface area contributed by atoms with Crippen molar-refractivity contribution in [3.8, 4) is 0 Å². The fourth-order valence-corrected chi connectivity index (χ4v) is 2.40. The summed E-state index contributed by atoms with van der Waals surface area (Å²) in [6.07, 6.45) is 3.51. The number of carbonyl (C=O) groups excluding carboxylic acids is 2. The highest BCUT2D eigenvalue weighted by molar-refractivity contribution is 6.01. The van der Waals surface area contributed by atoms with Crippen molar-refractivity contribution in [1.29, 1.82) is 0 Å². The minimum absolute atomic E-state index is 0.0910. The van der Waals surface area contributed by atoms with Crippen LogP contribution in [0.25, 0.3) is 0 Å². The Morgan fingerprint density at radius 1 is 1.30 bits per heavy atom. The van der Waals surface area contributed by atoms with E-state index in [2.05, 4.69) is 41.7 Å². The summed E-state index contributed by atoms with van der Waals surface area (Å²) in [4.78, 5) is 28.6. The number of amides is 3. The van der Waals surface area contributed by atoms with Gasteiger partial charge < -0.3 is 16.0 Å². The normalized spacial score (nSPS) is 16.7. The van der Waals surface area contributed by atoms with Gasteiger partial charge in [0.05, 0.1) is 19.6 Å². The number of nitrogens with one attached hydrogen (secondary N) is 3. The molecule has 0 saturated carbocycles. The molecule has 1 fully saturated rings. The molecule has 23 heavy (non-hydrogen) atoms. The van der Waals surface area contributed by atoms with Gasteiger partial charge in [-0.3, -0.25) is 14.7 Å². The number of imide groups is 1. The highest BCUT2D eigenvalue weighted by atomic mass is 16.2. The third-order valence-electron chi connectivity index (χ3n) is 3.68. The van der Waals surface area contributed by atoms with Crippen LogP contribution in [0.15, 0.2) is 4.99 Å². The molecule has 3 N–H and O–H groups in total. The van der Waals surface area contributed by atoms with E-state index in [1.807, 2.05) is 6.92 Å². The Kier molecular flexibility index (Phi) is 8.43. The maximum atomic E-state index is 11.5. The van der Waals surface area contributed by atoms with Crippen molar-refractivity contribution in [1.82, 2.24) is 20.9 Å². The van der Waals surface area contributed by atoms with Crippen LogP contribution in [0.2, 0.25) is 0 Å². The lowest BCUT2D eigenvalue weighted by molar-refractivity contribution is -0.124. The molecule has 0 spiro atoms. The van der Waals surface area contributed by atoms with Crippen LogP contribution in [0.4, 0.5) is 4.79 Å². The molecule has 1 aliphatic heterocycles. The van der Waals surface area contributed by atoms with Crippen LogP contribution in [-0.2, 0) is 4.79 Å². The molecule has 3 amide bonds. The van der Waals surface area contributed by atoms with E-state index in [0.29, 0.717) is 19.1 Å². The van der Waals surface area contributed by atoms with Crippen molar-refractivity contribution in [2.75, 3.05) is 26.2 Å². The quantitative estimate of drug-likeness (QED) is 0.339. The van der Waals surface area contributed by atoms with E-state index in [1.165, 1.54) is 17.7 Å². The van der Waals surface area contributed by atoms with Crippen molar-refractivity contribution in [3.63, 3.8) is 0 Å². The summed E-state index contributed by atoms with van der Waals surface area (Å²) >= 11 is 0. The summed E-state index contributed by atoms with van der Waals surface area (Å²) in [7, 11) is 0. The van der Waals surface area contributed by atoms with Gasteiger partial charge in [-0.2, -0.15) is 0 Å². The van der Waals surface area contributed by atoms with Gasteiger partial charge in [-0.25, -0.2) is 4.79 Å². The topological polar surface area (TPSA) is 85.8 Å². The zero-order chi connectivity index (χ0) is 17.2. The average Bonchev–Trinajstić information content (AvgIpc) is 2.78. The van der Waals surface area contributed by atoms with Crippen molar-refractivity contribution >= 4 is 17.9 Å². The smallest absolute Gasteiger partial charge is 0.324 e. The zero-order valence-corrected chi connectivity index (χ0v) is 14.8. The number of guanidine groups is 1. The van der Waals surface area contributed by atoms with E-state index in [4.69, 9.17) is 0 Å². The first-order valence-corrected chi connectivity index (χ1v) is 8.57. The average molecular weight is 325 g/mol. The molecule has 132 valence electrons. The number of rotatable bonds is 9. The van der Waals surface area contributed by atoms with Gasteiger partial charge in [-0.05, 0) is 26.2 Å². The van der Waals surface area contributed by atoms with E-state index in [9.17, 15) is 9.59 Å². The van der Waals surface area contributed by atoms with Gasteiger partial charge in [0, 0.05) is 12.6 Å². The van der Waals surface area contributed by atoms with Gasteiger partial charge in [0.1, 0.15) is 0 Å². The molecule has 0 bridgehead atoms. The van der Waals surface area contributed by atoms with Crippen LogP contribution in [0, 0.1) is 5.92 Å². The summed E-state index contributed by atoms with van der Waals surface area (Å²) in [5.41, 5.74) is 0. The zero-order valence-electron chi connectivity index (χ0n) is 14.8. The number of aliphatic imine (C=N–C) groups is 1. The van der Waals surface area contributed by atoms with Gasteiger partial charge in [-0.1, -0.05) is 26.7 Å². The molecular weight excluding hydrogens is 294 g/mol. The predicted molar refractivity (Wildman–Crippen MR) is 92.4 cm³/mol. The summed E-state index contributed by atoms with van der Waals surface area (Å²) in [5.74, 6) is 1.27. The Morgan fingerprint density at radius 3 is 2.61 bits per heavy atom. The maximum absolute atomic E-state index is 11.5. The first kappa shape index (κ1) is 19.3. The fourth-order valence-electron chi connectivity index (χ4n) is 2.40. The summed E-state index contributed by atoms with van der Waals surface area (Å²) in [5, 5.41) is 9.07. The van der Waals surface area contributed by atoms with Crippen LogP contribution in [0.5, 0.6) is 0 Å². The molecular formula is C16H31N5O2. The largest absolute Gasteiger partial charge is 0.357 e. The van der Waals surface area contributed by atoms with Crippen LogP contribution in [-0.4, -0.2) is 55.0 Å². The Balaban J connectivity index is 2.40. The standard InChI is InChI=1S/C16H31N5O2/c1-5-17-15(20-13(4)8-6-7-12(2)3)18-9-10-21-14(22)11-19-16(21)23/h12-13H,5-11H2,1-4H3,(H,19,23)(H2,17,18,20). The fraction of sp³-hybridized carbons (Fsp3) is 0.812. The summed E-state index contributed by atoms with van der Waals surface area (Å²) in [6, 6.07) is 0.00785. The SMILES string of the molecule is CCNC(=NCCN1C(=O)CNC1=O)NC(C)CCCC(C)C. The lowest BCUT2D eigenvalue weighted by Crippen LogP contribution is -2.43. The van der Waals surface area contributed by atoms with Crippen LogP contribution in [0.3, 0.4) is 0 Å². The molecule has 1 saturated heterocycles. The van der Waals surface area contributed by atoms with E-state index in [-0.39, 0.29) is 18.5 Å². The third-order valence-corrected chi connectivity index (χ3v) is 3.68. The third kappa shape index (κ3) is 7.34. The molecule has 1 heterocycles. The molecule has 1 rings (SSSR count). The molecule has 1 aliphatic rings. The second-order valence-corrected chi connectivity index (χ2v) is 6.33. The second-order valence-electron chi connectivity index (χ2n) is 6.33. The number of hydrogen-bond acceptors (Lipinski definition) is 3. The summed E-state index contributed by atoms with van der Waals surface area (Å²) < 4.78 is 0. The highest BCUT2D eigenvalue weighted by Gasteiger charge is 2.27. The highest BCUT2D eigenvalue weighted by Crippen LogP contribution is 2.08. The first-order valence-electron chi connectivity index (χ1n) is 8.57. The van der Waals surface area contributed by atoms with Gasteiger partial charge in [0.15, 0.2) is 5.96 Å². The molecule has 7 heteroatoms. The number of carbonyl (C=O) groups is 2. The van der Waals surface area contributed by atoms with Gasteiger partial charge in [0.25, 0.3) is 0 Å². The van der Waals surface area contributed by atoms with Gasteiger partial charge in [-0.15, -0.1) is 0 Å². The van der Waals surface area contributed by atoms with Gasteiger partial charge >= 0.3 is 6.03 Å². The number of nitrogens with zero attached hydrogens (tertiary/aromatic N) is 2. The lowest BCUT2D eigenvalue weighted by Gasteiger charge is -2.18. The molecule has 0 aromatic heterocycles. The summed E-state index contributed by atoms with van der Waals surface area (Å²) in [6.45, 7) is 10.2. The second kappa shape index (κ2) is 10.1. The van der Waals surface area contributed by atoms with E-state index < -0.39 is 0 Å². The predicted octanol–water partition coefficient (Wildman–Crippen LogP) is 1.31. The van der Waals surface area contributed by atoms with E-state index in [0.717, 1.165) is 24.8 Å². The molecule has 0 aliphatic carbocycles. The molecule has 7 nitrogen and oxygen atoms in total.